The van der Waals surface area contributed by atoms with Gasteiger partial charge in [-0.15, -0.1) is 0 Å². The number of amides is 1. The van der Waals surface area contributed by atoms with Gasteiger partial charge in [-0.3, -0.25) is 4.79 Å². The van der Waals surface area contributed by atoms with Gasteiger partial charge < -0.3 is 15.4 Å². The standard InChI is InChI=1S/C16H22N2O2/c1-3-11-5-4-6-13(11)17-12-7-8-15-14(9-12)18-16(19)10(2)20-15/h7-11,13,17H,3-6H2,1-2H3,(H,18,19). The van der Waals surface area contributed by atoms with E-state index in [1.807, 2.05) is 18.2 Å². The molecule has 20 heavy (non-hydrogen) atoms. The predicted molar refractivity (Wildman–Crippen MR) is 80.2 cm³/mol. The molecule has 1 aromatic carbocycles. The van der Waals surface area contributed by atoms with Crippen LogP contribution in [-0.2, 0) is 4.79 Å². The van der Waals surface area contributed by atoms with E-state index < -0.39 is 6.10 Å². The molecule has 0 aromatic heterocycles. The Labute approximate surface area is 119 Å². The van der Waals surface area contributed by atoms with Gasteiger partial charge in [-0.2, -0.15) is 0 Å². The first-order valence-electron chi connectivity index (χ1n) is 7.55. The SMILES string of the molecule is CCC1CCCC1Nc1ccc2c(c1)NC(=O)C(C)O2. The number of fused-ring (bicyclic) bond motifs is 1. The summed E-state index contributed by atoms with van der Waals surface area (Å²) in [6, 6.07) is 6.50. The summed E-state index contributed by atoms with van der Waals surface area (Å²) in [5, 5.41) is 6.51. The molecule has 4 nitrogen and oxygen atoms in total. The summed E-state index contributed by atoms with van der Waals surface area (Å²) in [6.45, 7) is 4.02. The van der Waals surface area contributed by atoms with E-state index in [2.05, 4.69) is 17.6 Å². The second-order valence-corrected chi connectivity index (χ2v) is 5.81. The molecular weight excluding hydrogens is 252 g/mol. The van der Waals surface area contributed by atoms with Gasteiger partial charge in [0.25, 0.3) is 5.91 Å². The molecule has 1 fully saturated rings. The van der Waals surface area contributed by atoms with Crippen LogP contribution in [0.2, 0.25) is 0 Å². The van der Waals surface area contributed by atoms with E-state index in [0.717, 1.165) is 23.0 Å². The number of ether oxygens (including phenoxy) is 1. The average molecular weight is 274 g/mol. The number of hydrogen-bond acceptors (Lipinski definition) is 3. The van der Waals surface area contributed by atoms with Crippen molar-refractivity contribution in [3.05, 3.63) is 18.2 Å². The number of rotatable bonds is 3. The summed E-state index contributed by atoms with van der Waals surface area (Å²) in [7, 11) is 0. The quantitative estimate of drug-likeness (QED) is 0.888. The number of hydrogen-bond donors (Lipinski definition) is 2. The molecule has 1 aromatic rings. The minimum Gasteiger partial charge on any atom is -0.479 e. The third-order valence-electron chi connectivity index (χ3n) is 4.45. The van der Waals surface area contributed by atoms with Gasteiger partial charge in [0, 0.05) is 11.7 Å². The highest BCUT2D eigenvalue weighted by Gasteiger charge is 2.27. The maximum Gasteiger partial charge on any atom is 0.265 e. The molecule has 4 heteroatoms. The predicted octanol–water partition coefficient (Wildman–Crippen LogP) is 3.40. The second-order valence-electron chi connectivity index (χ2n) is 5.81. The van der Waals surface area contributed by atoms with Gasteiger partial charge in [-0.1, -0.05) is 19.8 Å². The zero-order valence-corrected chi connectivity index (χ0v) is 12.1. The summed E-state index contributed by atoms with van der Waals surface area (Å²) in [5.41, 5.74) is 1.83. The highest BCUT2D eigenvalue weighted by atomic mass is 16.5. The van der Waals surface area contributed by atoms with E-state index in [-0.39, 0.29) is 5.91 Å². The largest absolute Gasteiger partial charge is 0.479 e. The number of carbonyl (C=O) groups is 1. The van der Waals surface area contributed by atoms with Crippen LogP contribution >= 0.6 is 0 Å². The molecule has 3 atom stereocenters. The molecule has 0 spiro atoms. The normalized spacial score (nSPS) is 28.5. The first kappa shape index (κ1) is 13.3. The molecule has 2 N–H and O–H groups in total. The molecule has 2 aliphatic rings. The summed E-state index contributed by atoms with van der Waals surface area (Å²) in [5.74, 6) is 1.43. The smallest absolute Gasteiger partial charge is 0.265 e. The average Bonchev–Trinajstić information content (AvgIpc) is 2.87. The zero-order chi connectivity index (χ0) is 14.1. The van der Waals surface area contributed by atoms with Crippen LogP contribution in [0.1, 0.15) is 39.5 Å². The Bertz CT molecular complexity index is 515. The second kappa shape index (κ2) is 5.35. The highest BCUT2D eigenvalue weighted by Crippen LogP contribution is 2.35. The van der Waals surface area contributed by atoms with Crippen LogP contribution in [0, 0.1) is 5.92 Å². The van der Waals surface area contributed by atoms with E-state index in [1.165, 1.54) is 25.7 Å². The third-order valence-corrected chi connectivity index (χ3v) is 4.45. The fourth-order valence-electron chi connectivity index (χ4n) is 3.23. The van der Waals surface area contributed by atoms with Crippen molar-refractivity contribution >= 4 is 17.3 Å². The monoisotopic (exact) mass is 274 g/mol. The van der Waals surface area contributed by atoms with Crippen molar-refractivity contribution in [2.75, 3.05) is 10.6 Å². The van der Waals surface area contributed by atoms with Gasteiger partial charge in [0.15, 0.2) is 6.10 Å². The van der Waals surface area contributed by atoms with Crippen molar-refractivity contribution in [3.63, 3.8) is 0 Å². The lowest BCUT2D eigenvalue weighted by Gasteiger charge is -2.25. The Morgan fingerprint density at radius 2 is 2.25 bits per heavy atom. The Balaban J connectivity index is 1.76. The Morgan fingerprint density at radius 3 is 3.05 bits per heavy atom. The van der Waals surface area contributed by atoms with Crippen LogP contribution in [0.4, 0.5) is 11.4 Å². The van der Waals surface area contributed by atoms with Gasteiger partial charge in [0.1, 0.15) is 5.75 Å². The number of nitrogens with one attached hydrogen (secondary N) is 2. The lowest BCUT2D eigenvalue weighted by Crippen LogP contribution is -2.34. The van der Waals surface area contributed by atoms with E-state index >= 15 is 0 Å². The third kappa shape index (κ3) is 2.47. The van der Waals surface area contributed by atoms with E-state index in [9.17, 15) is 4.79 Å². The summed E-state index contributed by atoms with van der Waals surface area (Å²) >= 11 is 0. The zero-order valence-electron chi connectivity index (χ0n) is 12.1. The molecule has 1 heterocycles. The van der Waals surface area contributed by atoms with Crippen molar-refractivity contribution in [2.45, 2.75) is 51.7 Å². The molecule has 3 rings (SSSR count). The number of benzene rings is 1. The van der Waals surface area contributed by atoms with Crippen molar-refractivity contribution in [1.29, 1.82) is 0 Å². The Morgan fingerprint density at radius 1 is 1.40 bits per heavy atom. The van der Waals surface area contributed by atoms with E-state index in [4.69, 9.17) is 4.74 Å². The molecule has 0 saturated heterocycles. The molecule has 1 aliphatic heterocycles. The number of carbonyl (C=O) groups excluding carboxylic acids is 1. The van der Waals surface area contributed by atoms with Gasteiger partial charge in [0.2, 0.25) is 0 Å². The topological polar surface area (TPSA) is 50.4 Å². The van der Waals surface area contributed by atoms with Crippen LogP contribution in [-0.4, -0.2) is 18.1 Å². The molecule has 108 valence electrons. The lowest BCUT2D eigenvalue weighted by atomic mass is 10.0. The Kier molecular flexibility index (Phi) is 3.55. The highest BCUT2D eigenvalue weighted by molar-refractivity contribution is 5.98. The van der Waals surface area contributed by atoms with Crippen molar-refractivity contribution in [3.8, 4) is 5.75 Å². The minimum atomic E-state index is -0.416. The lowest BCUT2D eigenvalue weighted by molar-refractivity contribution is -0.122. The van der Waals surface area contributed by atoms with Crippen LogP contribution in [0.25, 0.3) is 0 Å². The Hall–Kier alpha value is -1.71. The van der Waals surface area contributed by atoms with Gasteiger partial charge in [-0.25, -0.2) is 0 Å². The fraction of sp³-hybridized carbons (Fsp3) is 0.562. The molecule has 3 unspecified atom stereocenters. The van der Waals surface area contributed by atoms with Crippen molar-refractivity contribution < 1.29 is 9.53 Å². The molecular formula is C16H22N2O2. The maximum absolute atomic E-state index is 11.7. The molecule has 0 radical (unpaired) electrons. The molecule has 1 aliphatic carbocycles. The first-order valence-corrected chi connectivity index (χ1v) is 7.55. The van der Waals surface area contributed by atoms with E-state index in [1.54, 1.807) is 6.92 Å². The number of anilines is 2. The van der Waals surface area contributed by atoms with Gasteiger partial charge in [0.05, 0.1) is 5.69 Å². The first-order chi connectivity index (χ1) is 9.67. The summed E-state index contributed by atoms with van der Waals surface area (Å²) in [4.78, 5) is 11.7. The fourth-order valence-corrected chi connectivity index (χ4v) is 3.23. The van der Waals surface area contributed by atoms with Crippen LogP contribution in [0.3, 0.4) is 0 Å². The molecule has 1 saturated carbocycles. The van der Waals surface area contributed by atoms with Crippen molar-refractivity contribution in [2.24, 2.45) is 5.92 Å². The van der Waals surface area contributed by atoms with Crippen LogP contribution in [0.5, 0.6) is 5.75 Å². The minimum absolute atomic E-state index is 0.0815. The van der Waals surface area contributed by atoms with Crippen molar-refractivity contribution in [1.82, 2.24) is 0 Å². The molecule has 0 bridgehead atoms. The summed E-state index contributed by atoms with van der Waals surface area (Å²) in [6.07, 6.45) is 4.66. The van der Waals surface area contributed by atoms with E-state index in [0.29, 0.717) is 6.04 Å². The maximum atomic E-state index is 11.7. The molecule has 1 amide bonds. The van der Waals surface area contributed by atoms with Crippen LogP contribution < -0.4 is 15.4 Å². The van der Waals surface area contributed by atoms with Gasteiger partial charge >= 0.3 is 0 Å². The summed E-state index contributed by atoms with van der Waals surface area (Å²) < 4.78 is 5.57. The van der Waals surface area contributed by atoms with Gasteiger partial charge in [-0.05, 0) is 43.9 Å². The van der Waals surface area contributed by atoms with Crippen LogP contribution in [0.15, 0.2) is 18.2 Å².